The van der Waals surface area contributed by atoms with Crippen molar-refractivity contribution in [2.24, 2.45) is 17.8 Å². The van der Waals surface area contributed by atoms with Gasteiger partial charge in [0.2, 0.25) is 11.8 Å². The summed E-state index contributed by atoms with van der Waals surface area (Å²) in [5.74, 6) is -6.82. The van der Waals surface area contributed by atoms with Crippen LogP contribution in [0.15, 0.2) is 78.4 Å². The lowest BCUT2D eigenvalue weighted by Gasteiger charge is -2.50. The molecular formula is C33H24Cl3FN2O5. The molecule has 0 spiro atoms. The minimum Gasteiger partial charge on any atom is -0.508 e. The van der Waals surface area contributed by atoms with Crippen molar-refractivity contribution < 1.29 is 28.7 Å². The molecule has 3 fully saturated rings. The van der Waals surface area contributed by atoms with E-state index in [-0.39, 0.29) is 29.8 Å². The highest BCUT2D eigenvalue weighted by molar-refractivity contribution is 6.58. The van der Waals surface area contributed by atoms with E-state index in [0.717, 1.165) is 27.5 Å². The Kier molecular flexibility index (Phi) is 6.52. The number of halogens is 4. The summed E-state index contributed by atoms with van der Waals surface area (Å²) in [5, 5.41) is 11.4. The van der Waals surface area contributed by atoms with Gasteiger partial charge in [-0.1, -0.05) is 47.5 Å². The SMILES string of the molecule is Cc1ccc(N2C(=O)[C@H]3[C@H](CC=C4[C@H]3C[C@@]3(Cl)C(=O)N(c5ccc(F)cc5)C(=O)[C@@]3(Cl)[C@H]4c3ccccc3O)C2=O)cc1Cl. The number of benzene rings is 3. The molecule has 2 aliphatic carbocycles. The van der Waals surface area contributed by atoms with E-state index in [0.29, 0.717) is 16.3 Å². The molecule has 0 radical (unpaired) electrons. The van der Waals surface area contributed by atoms with Crippen LogP contribution in [0.4, 0.5) is 15.8 Å². The Hall–Kier alpha value is -3.72. The first-order valence-electron chi connectivity index (χ1n) is 14.0. The van der Waals surface area contributed by atoms with Crippen molar-refractivity contribution in [3.05, 3.63) is 100 Å². The van der Waals surface area contributed by atoms with Gasteiger partial charge in [0, 0.05) is 16.5 Å². The Balaban J connectivity index is 1.39. The van der Waals surface area contributed by atoms with Gasteiger partial charge in [-0.15, -0.1) is 23.2 Å². The zero-order valence-electron chi connectivity index (χ0n) is 23.1. The first-order chi connectivity index (χ1) is 20.9. The predicted molar refractivity (Wildman–Crippen MR) is 163 cm³/mol. The van der Waals surface area contributed by atoms with Crippen molar-refractivity contribution in [2.45, 2.75) is 35.4 Å². The third-order valence-electron chi connectivity index (χ3n) is 9.56. The van der Waals surface area contributed by atoms with E-state index in [9.17, 15) is 28.7 Å². The molecule has 0 unspecified atom stereocenters. The van der Waals surface area contributed by atoms with Gasteiger partial charge in [-0.25, -0.2) is 14.2 Å². The smallest absolute Gasteiger partial charge is 0.258 e. The summed E-state index contributed by atoms with van der Waals surface area (Å²) >= 11 is 20.9. The third kappa shape index (κ3) is 3.74. The van der Waals surface area contributed by atoms with Gasteiger partial charge in [-0.3, -0.25) is 19.2 Å². The lowest BCUT2D eigenvalue weighted by atomic mass is 9.56. The van der Waals surface area contributed by atoms with Gasteiger partial charge in [-0.2, -0.15) is 0 Å². The van der Waals surface area contributed by atoms with Crippen molar-refractivity contribution in [1.82, 2.24) is 0 Å². The maximum Gasteiger partial charge on any atom is 0.258 e. The number of fused-ring (bicyclic) bond motifs is 4. The number of allylic oxidation sites excluding steroid dienone is 2. The topological polar surface area (TPSA) is 95.0 Å². The van der Waals surface area contributed by atoms with Crippen LogP contribution in [0.1, 0.15) is 29.9 Å². The van der Waals surface area contributed by atoms with E-state index in [2.05, 4.69) is 0 Å². The van der Waals surface area contributed by atoms with Crippen LogP contribution in [-0.2, 0) is 19.2 Å². The highest BCUT2D eigenvalue weighted by Crippen LogP contribution is 2.66. The van der Waals surface area contributed by atoms with Crippen molar-refractivity contribution >= 4 is 69.8 Å². The molecule has 11 heteroatoms. The Bertz CT molecular complexity index is 1830. The molecular weight excluding hydrogens is 630 g/mol. The van der Waals surface area contributed by atoms with E-state index in [4.69, 9.17) is 34.8 Å². The molecule has 1 N–H and O–H groups in total. The normalized spacial score (nSPS) is 31.2. The highest BCUT2D eigenvalue weighted by atomic mass is 35.5. The molecule has 7 rings (SSSR count). The van der Waals surface area contributed by atoms with Crippen LogP contribution in [-0.4, -0.2) is 38.5 Å². The maximum absolute atomic E-state index is 14.3. The summed E-state index contributed by atoms with van der Waals surface area (Å²) in [6.45, 7) is 1.81. The van der Waals surface area contributed by atoms with Gasteiger partial charge in [0.15, 0.2) is 9.75 Å². The number of amides is 4. The fraction of sp³-hybridized carbons (Fsp3) is 0.273. The second kappa shape index (κ2) is 9.89. The molecule has 2 saturated heterocycles. The number of phenols is 1. The fourth-order valence-electron chi connectivity index (χ4n) is 7.45. The monoisotopic (exact) mass is 652 g/mol. The van der Waals surface area contributed by atoms with Gasteiger partial charge in [0.1, 0.15) is 11.6 Å². The van der Waals surface area contributed by atoms with Crippen LogP contribution in [0.25, 0.3) is 0 Å². The van der Waals surface area contributed by atoms with Crippen molar-refractivity contribution in [3.63, 3.8) is 0 Å². The van der Waals surface area contributed by atoms with E-state index < -0.39 is 62.9 Å². The Morgan fingerprint density at radius 1 is 0.864 bits per heavy atom. The number of phenolic OH excluding ortho intramolecular Hbond substituents is 1. The third-order valence-corrected chi connectivity index (χ3v) is 11.4. The number of nitrogens with zero attached hydrogens (tertiary/aromatic N) is 2. The molecule has 0 bridgehead atoms. The summed E-state index contributed by atoms with van der Waals surface area (Å²) in [6, 6.07) is 16.0. The number of hydrogen-bond acceptors (Lipinski definition) is 5. The number of para-hydroxylation sites is 1. The number of carbonyl (C=O) groups excluding carboxylic acids is 4. The number of hydrogen-bond donors (Lipinski definition) is 1. The van der Waals surface area contributed by atoms with Crippen LogP contribution in [0, 0.1) is 30.5 Å². The molecule has 224 valence electrons. The molecule has 7 nitrogen and oxygen atoms in total. The minimum absolute atomic E-state index is 0.0799. The molecule has 0 aromatic heterocycles. The van der Waals surface area contributed by atoms with E-state index >= 15 is 0 Å². The lowest BCUT2D eigenvalue weighted by molar-refractivity contribution is -0.125. The summed E-state index contributed by atoms with van der Waals surface area (Å²) < 4.78 is 13.8. The predicted octanol–water partition coefficient (Wildman–Crippen LogP) is 6.26. The van der Waals surface area contributed by atoms with Crippen LogP contribution in [0.5, 0.6) is 5.75 Å². The van der Waals surface area contributed by atoms with E-state index in [1.807, 2.05) is 6.92 Å². The van der Waals surface area contributed by atoms with E-state index in [1.54, 1.807) is 42.5 Å². The summed E-state index contributed by atoms with van der Waals surface area (Å²) in [4.78, 5) is 54.2. The lowest BCUT2D eigenvalue weighted by Crippen LogP contribution is -2.60. The standard InChI is InChI=1S/C33H24Cl3FN2O5/c1-16-6-9-19(14-24(16)34)38-28(41)22-13-12-20-23(26(22)29(38)42)15-32(35)30(43)39(18-10-7-17(37)8-11-18)31(44)33(32,36)27(20)21-4-2-3-5-25(21)40/h2-12,14,22-23,26-27,40H,13,15H2,1H3/t22-,23+,26-,27+,32+,33-/m0/s1. The zero-order valence-corrected chi connectivity index (χ0v) is 25.4. The second-order valence-electron chi connectivity index (χ2n) is 11.8. The first-order valence-corrected chi connectivity index (χ1v) is 15.2. The minimum atomic E-state index is -2.12. The summed E-state index contributed by atoms with van der Waals surface area (Å²) in [7, 11) is 0. The molecule has 44 heavy (non-hydrogen) atoms. The van der Waals surface area contributed by atoms with Gasteiger partial charge in [-0.05, 0) is 73.7 Å². The number of alkyl halides is 2. The molecule has 2 heterocycles. The van der Waals surface area contributed by atoms with Crippen LogP contribution < -0.4 is 9.80 Å². The fourth-order valence-corrected chi connectivity index (χ4v) is 8.55. The van der Waals surface area contributed by atoms with Crippen molar-refractivity contribution in [3.8, 4) is 5.75 Å². The van der Waals surface area contributed by atoms with Gasteiger partial charge < -0.3 is 5.11 Å². The van der Waals surface area contributed by atoms with E-state index in [1.165, 1.54) is 18.2 Å². The number of aromatic hydroxyl groups is 1. The highest BCUT2D eigenvalue weighted by Gasteiger charge is 2.76. The van der Waals surface area contributed by atoms with Crippen LogP contribution >= 0.6 is 34.8 Å². The first kappa shape index (κ1) is 29.0. The Morgan fingerprint density at radius 3 is 2.23 bits per heavy atom. The quantitative estimate of drug-likeness (QED) is 0.205. The molecule has 6 atom stereocenters. The largest absolute Gasteiger partial charge is 0.508 e. The number of aryl methyl sites for hydroxylation is 1. The summed E-state index contributed by atoms with van der Waals surface area (Å²) in [6.07, 6.45) is 1.74. The molecule has 3 aromatic rings. The van der Waals surface area contributed by atoms with Crippen LogP contribution in [0.3, 0.4) is 0 Å². The Morgan fingerprint density at radius 2 is 1.55 bits per heavy atom. The van der Waals surface area contributed by atoms with Crippen molar-refractivity contribution in [1.29, 1.82) is 0 Å². The van der Waals surface area contributed by atoms with Crippen molar-refractivity contribution in [2.75, 3.05) is 9.80 Å². The number of anilines is 2. The second-order valence-corrected chi connectivity index (χ2v) is 13.4. The van der Waals surface area contributed by atoms with Gasteiger partial charge >= 0.3 is 0 Å². The molecule has 3 aromatic carbocycles. The number of imide groups is 2. The molecule has 4 aliphatic rings. The van der Waals surface area contributed by atoms with Gasteiger partial charge in [0.25, 0.3) is 11.8 Å². The number of carbonyl (C=O) groups is 4. The Labute approximate surface area is 266 Å². The zero-order chi connectivity index (χ0) is 31.3. The van der Waals surface area contributed by atoms with Gasteiger partial charge in [0.05, 0.1) is 23.2 Å². The molecule has 4 amide bonds. The summed E-state index contributed by atoms with van der Waals surface area (Å²) in [5.41, 5.74) is 2.00. The number of rotatable bonds is 3. The average Bonchev–Trinajstić information content (AvgIpc) is 3.33. The van der Waals surface area contributed by atoms with Crippen LogP contribution in [0.2, 0.25) is 5.02 Å². The maximum atomic E-state index is 14.3. The average molecular weight is 654 g/mol. The molecule has 1 saturated carbocycles. The molecule has 2 aliphatic heterocycles.